The van der Waals surface area contributed by atoms with E-state index < -0.39 is 21.1 Å². The van der Waals surface area contributed by atoms with Crippen molar-refractivity contribution in [2.75, 3.05) is 12.8 Å². The van der Waals surface area contributed by atoms with Crippen molar-refractivity contribution in [3.05, 3.63) is 89.1 Å². The molecule has 0 saturated carbocycles. The fourth-order valence-electron chi connectivity index (χ4n) is 3.43. The van der Waals surface area contributed by atoms with Crippen LogP contribution in [0.1, 0.15) is 31.8 Å². The number of nitrogens with one attached hydrogen (secondary N) is 1. The van der Waals surface area contributed by atoms with Crippen LogP contribution in [-0.4, -0.2) is 36.4 Å². The lowest BCUT2D eigenvalue weighted by atomic mass is 10.1. The van der Waals surface area contributed by atoms with E-state index in [9.17, 15) is 18.0 Å². The van der Waals surface area contributed by atoms with Crippen LogP contribution >= 0.6 is 0 Å². The smallest absolute Gasteiger partial charge is 0.357 e. The SMILES string of the molecule is COc1cc(C(=O)ONS(=O)(=O)C(=O)c2ccc(C)cc2)ccc1Cn1ncc2cc(N)ccc21. The van der Waals surface area contributed by atoms with Crippen molar-refractivity contribution in [3.8, 4) is 5.75 Å². The Morgan fingerprint density at radius 1 is 1.03 bits per heavy atom. The fraction of sp³-hybridized carbons (Fsp3) is 0.125. The Labute approximate surface area is 201 Å². The molecule has 1 heterocycles. The van der Waals surface area contributed by atoms with E-state index in [0.29, 0.717) is 18.0 Å². The number of benzene rings is 3. The number of carbonyl (C=O) groups is 2. The summed E-state index contributed by atoms with van der Waals surface area (Å²) in [5, 5.41) is 4.04. The van der Waals surface area contributed by atoms with Gasteiger partial charge in [-0.15, -0.1) is 0 Å². The average molecular weight is 495 g/mol. The molecule has 11 heteroatoms. The van der Waals surface area contributed by atoms with Gasteiger partial charge < -0.3 is 15.3 Å². The van der Waals surface area contributed by atoms with Gasteiger partial charge in [-0.3, -0.25) is 9.48 Å². The predicted molar refractivity (Wildman–Crippen MR) is 129 cm³/mol. The van der Waals surface area contributed by atoms with E-state index in [1.807, 2.05) is 12.1 Å². The summed E-state index contributed by atoms with van der Waals surface area (Å²) in [5.41, 5.74) is 8.87. The molecule has 3 aromatic carbocycles. The van der Waals surface area contributed by atoms with Gasteiger partial charge in [0.05, 0.1) is 30.9 Å². The number of hydrogen-bond acceptors (Lipinski definition) is 8. The van der Waals surface area contributed by atoms with E-state index >= 15 is 0 Å². The standard InChI is InChI=1S/C24H22N4O6S/c1-15-3-5-16(6-4-15)24(30)35(31,32)27-34-23(29)17-7-8-18(22(12-17)33-2)14-28-21-10-9-20(25)11-19(21)13-26-28/h3-13,27H,14,25H2,1-2H3. The Morgan fingerprint density at radius 3 is 2.46 bits per heavy atom. The van der Waals surface area contributed by atoms with Crippen LogP contribution in [0.4, 0.5) is 5.69 Å². The van der Waals surface area contributed by atoms with Crippen molar-refractivity contribution in [2.24, 2.45) is 0 Å². The van der Waals surface area contributed by atoms with Gasteiger partial charge in [-0.2, -0.15) is 5.10 Å². The molecule has 0 atom stereocenters. The van der Waals surface area contributed by atoms with Gasteiger partial charge >= 0.3 is 16.0 Å². The lowest BCUT2D eigenvalue weighted by Gasteiger charge is -2.12. The maximum atomic E-state index is 12.5. The molecule has 0 aliphatic heterocycles. The number of nitrogens with zero attached hydrogens (tertiary/aromatic N) is 2. The summed E-state index contributed by atoms with van der Waals surface area (Å²) in [4.78, 5) is 31.0. The summed E-state index contributed by atoms with van der Waals surface area (Å²) in [6.45, 7) is 2.15. The minimum Gasteiger partial charge on any atom is -0.496 e. The van der Waals surface area contributed by atoms with Gasteiger partial charge in [0.2, 0.25) is 0 Å². The number of carbonyl (C=O) groups excluding carboxylic acids is 2. The number of nitrogen functional groups attached to an aromatic ring is 1. The first-order chi connectivity index (χ1) is 16.7. The number of methoxy groups -OCH3 is 1. The number of rotatable bonds is 7. The van der Waals surface area contributed by atoms with E-state index in [1.165, 1.54) is 31.4 Å². The Morgan fingerprint density at radius 2 is 1.74 bits per heavy atom. The highest BCUT2D eigenvalue weighted by molar-refractivity contribution is 8.04. The molecule has 35 heavy (non-hydrogen) atoms. The quantitative estimate of drug-likeness (QED) is 0.295. The van der Waals surface area contributed by atoms with Gasteiger partial charge in [0, 0.05) is 22.2 Å². The second-order valence-electron chi connectivity index (χ2n) is 7.78. The minimum absolute atomic E-state index is 0.0224. The third-order valence-electron chi connectivity index (χ3n) is 5.28. The topological polar surface area (TPSA) is 143 Å². The lowest BCUT2D eigenvalue weighted by Crippen LogP contribution is -2.33. The lowest BCUT2D eigenvalue weighted by molar-refractivity contribution is 0.0407. The molecule has 0 amide bonds. The molecule has 0 saturated heterocycles. The summed E-state index contributed by atoms with van der Waals surface area (Å²) in [6, 6.07) is 15.9. The summed E-state index contributed by atoms with van der Waals surface area (Å²) >= 11 is 0. The second-order valence-corrected chi connectivity index (χ2v) is 9.32. The van der Waals surface area contributed by atoms with E-state index in [0.717, 1.165) is 22.0 Å². The molecule has 0 fully saturated rings. The molecule has 0 radical (unpaired) electrons. The van der Waals surface area contributed by atoms with Crippen LogP contribution in [0, 0.1) is 6.92 Å². The molecule has 10 nitrogen and oxygen atoms in total. The number of hydrogen-bond donors (Lipinski definition) is 2. The summed E-state index contributed by atoms with van der Waals surface area (Å²) < 4.78 is 31.7. The van der Waals surface area contributed by atoms with Crippen LogP contribution in [0.3, 0.4) is 0 Å². The molecule has 0 aliphatic carbocycles. The van der Waals surface area contributed by atoms with Crippen LogP contribution in [0.2, 0.25) is 0 Å². The van der Waals surface area contributed by atoms with Gasteiger partial charge in [-0.1, -0.05) is 23.8 Å². The molecule has 3 N–H and O–H groups in total. The molecule has 0 unspecified atom stereocenters. The minimum atomic E-state index is -4.59. The predicted octanol–water partition coefficient (Wildman–Crippen LogP) is 2.82. The number of sulfonamides is 1. The first-order valence-corrected chi connectivity index (χ1v) is 11.9. The normalized spacial score (nSPS) is 11.4. The average Bonchev–Trinajstić information content (AvgIpc) is 3.24. The zero-order valence-corrected chi connectivity index (χ0v) is 19.7. The summed E-state index contributed by atoms with van der Waals surface area (Å²) in [6.07, 6.45) is 1.70. The van der Waals surface area contributed by atoms with Gasteiger partial charge in [-0.05, 0) is 54.3 Å². The van der Waals surface area contributed by atoms with E-state index in [-0.39, 0.29) is 11.1 Å². The van der Waals surface area contributed by atoms with Gasteiger partial charge in [0.25, 0.3) is 5.12 Å². The number of ether oxygens (including phenoxy) is 1. The summed E-state index contributed by atoms with van der Waals surface area (Å²) in [7, 11) is -3.15. The molecular formula is C24H22N4O6S. The monoisotopic (exact) mass is 494 g/mol. The van der Waals surface area contributed by atoms with E-state index in [2.05, 4.69) is 5.10 Å². The molecular weight excluding hydrogens is 472 g/mol. The van der Waals surface area contributed by atoms with Gasteiger partial charge in [0.15, 0.2) is 0 Å². The van der Waals surface area contributed by atoms with E-state index in [4.69, 9.17) is 15.3 Å². The Hall–Kier alpha value is -4.22. The Bertz CT molecular complexity index is 1530. The Balaban J connectivity index is 1.47. The number of nitrogens with two attached hydrogens (primary N) is 1. The van der Waals surface area contributed by atoms with Gasteiger partial charge in [-0.25, -0.2) is 13.2 Å². The van der Waals surface area contributed by atoms with Crippen LogP contribution in [0.15, 0.2) is 66.9 Å². The largest absolute Gasteiger partial charge is 0.496 e. The third kappa shape index (κ3) is 5.15. The van der Waals surface area contributed by atoms with Crippen molar-refractivity contribution in [3.63, 3.8) is 0 Å². The maximum absolute atomic E-state index is 12.5. The number of aryl methyl sites for hydroxylation is 1. The molecule has 1 aromatic heterocycles. The van der Waals surface area contributed by atoms with Gasteiger partial charge in [0.1, 0.15) is 5.75 Å². The van der Waals surface area contributed by atoms with Crippen molar-refractivity contribution in [2.45, 2.75) is 13.5 Å². The highest BCUT2D eigenvalue weighted by Crippen LogP contribution is 2.24. The first kappa shape index (κ1) is 23.9. The highest BCUT2D eigenvalue weighted by atomic mass is 32.2. The second kappa shape index (κ2) is 9.57. The first-order valence-electron chi connectivity index (χ1n) is 10.4. The summed E-state index contributed by atoms with van der Waals surface area (Å²) in [5.74, 6) is -0.632. The fourth-order valence-corrected chi connectivity index (χ4v) is 4.14. The van der Waals surface area contributed by atoms with Crippen LogP contribution in [0.5, 0.6) is 5.75 Å². The highest BCUT2D eigenvalue weighted by Gasteiger charge is 2.26. The molecule has 4 rings (SSSR count). The number of anilines is 1. The van der Waals surface area contributed by atoms with Crippen molar-refractivity contribution < 1.29 is 27.6 Å². The van der Waals surface area contributed by atoms with E-state index in [1.54, 1.807) is 47.0 Å². The number of aromatic nitrogens is 2. The number of fused-ring (bicyclic) bond motifs is 1. The zero-order valence-electron chi connectivity index (χ0n) is 18.9. The van der Waals surface area contributed by atoms with Crippen LogP contribution in [0.25, 0.3) is 10.9 Å². The van der Waals surface area contributed by atoms with Crippen molar-refractivity contribution in [1.82, 2.24) is 14.7 Å². The van der Waals surface area contributed by atoms with Crippen molar-refractivity contribution in [1.29, 1.82) is 0 Å². The zero-order chi connectivity index (χ0) is 25.2. The third-order valence-corrected chi connectivity index (χ3v) is 6.31. The van der Waals surface area contributed by atoms with Crippen LogP contribution < -0.4 is 15.4 Å². The van der Waals surface area contributed by atoms with Crippen LogP contribution in [-0.2, 0) is 21.4 Å². The maximum Gasteiger partial charge on any atom is 0.357 e. The molecule has 180 valence electrons. The molecule has 0 bridgehead atoms. The molecule has 0 spiro atoms. The van der Waals surface area contributed by atoms with Crippen molar-refractivity contribution >= 4 is 37.7 Å². The Kier molecular flexibility index (Phi) is 6.54. The molecule has 0 aliphatic rings. The molecule has 4 aromatic rings.